The molecule has 0 bridgehead atoms. The van der Waals surface area contributed by atoms with Crippen LogP contribution in [0.25, 0.3) is 10.4 Å². The first-order valence-electron chi connectivity index (χ1n) is 11.8. The van der Waals surface area contributed by atoms with E-state index in [2.05, 4.69) is 27.1 Å². The van der Waals surface area contributed by atoms with Crippen molar-refractivity contribution in [2.45, 2.75) is 32.8 Å². The van der Waals surface area contributed by atoms with E-state index in [1.807, 2.05) is 68.6 Å². The molecule has 1 aliphatic rings. The van der Waals surface area contributed by atoms with Crippen LogP contribution < -0.4 is 10.2 Å². The molecule has 1 fully saturated rings. The number of Topliss-reactive ketones (excluding diaryl/α,β-unsaturated/α-hetero) is 1. The van der Waals surface area contributed by atoms with Crippen LogP contribution in [-0.4, -0.2) is 60.6 Å². The van der Waals surface area contributed by atoms with Crippen molar-refractivity contribution < 1.29 is 14.3 Å². The molecular formula is C27H32N4O3S. The second-order valence-corrected chi connectivity index (χ2v) is 10.7. The number of hydrogen-bond donors (Lipinski definition) is 1. The molecule has 3 heterocycles. The second kappa shape index (κ2) is 10.6. The quantitative estimate of drug-likeness (QED) is 0.469. The molecule has 1 N–H and O–H groups in total. The first-order valence-corrected chi connectivity index (χ1v) is 12.7. The molecule has 0 radical (unpaired) electrons. The minimum atomic E-state index is -0.617. The van der Waals surface area contributed by atoms with Gasteiger partial charge in [-0.3, -0.25) is 10.1 Å². The smallest absolute Gasteiger partial charge is 0.412 e. The Labute approximate surface area is 210 Å². The highest BCUT2D eigenvalue weighted by Crippen LogP contribution is 2.30. The molecule has 0 spiro atoms. The van der Waals surface area contributed by atoms with Crippen LogP contribution in [0.4, 0.5) is 16.3 Å². The summed E-state index contributed by atoms with van der Waals surface area (Å²) in [6.45, 7) is 9.28. The minimum absolute atomic E-state index is 0.0574. The van der Waals surface area contributed by atoms with Gasteiger partial charge in [-0.05, 0) is 74.7 Å². The maximum Gasteiger partial charge on any atom is 0.412 e. The largest absolute Gasteiger partial charge is 0.444 e. The number of ether oxygens (including phenoxy) is 1. The van der Waals surface area contributed by atoms with Gasteiger partial charge in [0.15, 0.2) is 5.78 Å². The molecule has 0 unspecified atom stereocenters. The van der Waals surface area contributed by atoms with Crippen LogP contribution in [0.1, 0.15) is 36.7 Å². The maximum absolute atomic E-state index is 13.2. The van der Waals surface area contributed by atoms with Crippen molar-refractivity contribution >= 4 is 34.7 Å². The SMILES string of the molecule is CN1CCN(c2ccc(C(=O)Cc3cc(-c4cccs4)ccc3NC(=O)OC(C)(C)C)cn2)CC1. The Bertz CT molecular complexity index is 1160. The lowest BCUT2D eigenvalue weighted by molar-refractivity contribution is 0.0635. The Morgan fingerprint density at radius 3 is 2.49 bits per heavy atom. The highest BCUT2D eigenvalue weighted by molar-refractivity contribution is 7.13. The van der Waals surface area contributed by atoms with E-state index in [0.717, 1.165) is 48.0 Å². The second-order valence-electron chi connectivity index (χ2n) is 9.77. The lowest BCUT2D eigenvalue weighted by atomic mass is 10.00. The van der Waals surface area contributed by atoms with Crippen molar-refractivity contribution in [2.24, 2.45) is 0 Å². The van der Waals surface area contributed by atoms with Crippen LogP contribution in [0.15, 0.2) is 54.0 Å². The van der Waals surface area contributed by atoms with Crippen LogP contribution in [0.2, 0.25) is 0 Å². The molecule has 4 rings (SSSR count). The van der Waals surface area contributed by atoms with Gasteiger partial charge in [-0.1, -0.05) is 12.1 Å². The molecule has 8 heteroatoms. The normalized spacial score (nSPS) is 14.6. The fraction of sp³-hybridized carbons (Fsp3) is 0.370. The number of aromatic nitrogens is 1. The summed E-state index contributed by atoms with van der Waals surface area (Å²) >= 11 is 1.63. The first kappa shape index (κ1) is 24.9. The van der Waals surface area contributed by atoms with Crippen molar-refractivity contribution in [3.05, 3.63) is 65.2 Å². The van der Waals surface area contributed by atoms with E-state index in [4.69, 9.17) is 4.74 Å². The number of pyridine rings is 1. The van der Waals surface area contributed by atoms with E-state index in [9.17, 15) is 9.59 Å². The van der Waals surface area contributed by atoms with Crippen LogP contribution in [0.5, 0.6) is 0 Å². The summed E-state index contributed by atoms with van der Waals surface area (Å²) in [5, 5.41) is 4.83. The van der Waals surface area contributed by atoms with Crippen molar-refractivity contribution in [3.8, 4) is 10.4 Å². The molecule has 184 valence electrons. The van der Waals surface area contributed by atoms with E-state index in [-0.39, 0.29) is 12.2 Å². The zero-order valence-corrected chi connectivity index (χ0v) is 21.5. The van der Waals surface area contributed by atoms with Crippen LogP contribution in [0.3, 0.4) is 0 Å². The zero-order chi connectivity index (χ0) is 25.0. The number of hydrogen-bond acceptors (Lipinski definition) is 7. The Morgan fingerprint density at radius 1 is 1.09 bits per heavy atom. The number of carbonyl (C=O) groups excluding carboxylic acids is 2. The monoisotopic (exact) mass is 492 g/mol. The van der Waals surface area contributed by atoms with E-state index in [1.165, 1.54) is 0 Å². The number of nitrogens with one attached hydrogen (secondary N) is 1. The number of piperazine rings is 1. The Hall–Kier alpha value is -3.23. The summed E-state index contributed by atoms with van der Waals surface area (Å²) in [6.07, 6.45) is 1.24. The summed E-state index contributed by atoms with van der Waals surface area (Å²) in [5.74, 6) is 0.833. The summed E-state index contributed by atoms with van der Waals surface area (Å²) in [6, 6.07) is 13.5. The maximum atomic E-state index is 13.2. The molecule has 2 aromatic heterocycles. The van der Waals surface area contributed by atoms with Gasteiger partial charge in [-0.15, -0.1) is 11.3 Å². The van der Waals surface area contributed by atoms with E-state index >= 15 is 0 Å². The van der Waals surface area contributed by atoms with Gasteiger partial charge in [-0.25, -0.2) is 9.78 Å². The number of rotatable bonds is 6. The van der Waals surface area contributed by atoms with Crippen LogP contribution in [0, 0.1) is 0 Å². The van der Waals surface area contributed by atoms with E-state index in [1.54, 1.807) is 17.5 Å². The lowest BCUT2D eigenvalue weighted by Gasteiger charge is -2.33. The minimum Gasteiger partial charge on any atom is -0.444 e. The Morgan fingerprint density at radius 2 is 1.86 bits per heavy atom. The molecule has 1 aliphatic heterocycles. The summed E-state index contributed by atoms with van der Waals surface area (Å²) in [7, 11) is 2.12. The lowest BCUT2D eigenvalue weighted by Crippen LogP contribution is -2.44. The zero-order valence-electron chi connectivity index (χ0n) is 20.7. The molecule has 3 aromatic rings. The predicted molar refractivity (Wildman–Crippen MR) is 142 cm³/mol. The molecule has 0 saturated carbocycles. The summed E-state index contributed by atoms with van der Waals surface area (Å²) in [5.41, 5.74) is 2.23. The van der Waals surface area contributed by atoms with Gasteiger partial charge in [0, 0.05) is 54.9 Å². The number of carbonyl (C=O) groups is 2. The Kier molecular flexibility index (Phi) is 7.52. The van der Waals surface area contributed by atoms with Gasteiger partial charge in [0.25, 0.3) is 0 Å². The van der Waals surface area contributed by atoms with Gasteiger partial charge in [-0.2, -0.15) is 0 Å². The van der Waals surface area contributed by atoms with E-state index in [0.29, 0.717) is 11.3 Å². The number of amides is 1. The highest BCUT2D eigenvalue weighted by Gasteiger charge is 2.20. The van der Waals surface area contributed by atoms with Gasteiger partial charge < -0.3 is 14.5 Å². The average molecular weight is 493 g/mol. The van der Waals surface area contributed by atoms with Crippen molar-refractivity contribution in [3.63, 3.8) is 0 Å². The highest BCUT2D eigenvalue weighted by atomic mass is 32.1. The molecule has 0 aliphatic carbocycles. The van der Waals surface area contributed by atoms with E-state index < -0.39 is 11.7 Å². The number of thiophene rings is 1. The van der Waals surface area contributed by atoms with Gasteiger partial charge in [0.05, 0.1) is 0 Å². The topological polar surface area (TPSA) is 74.8 Å². The van der Waals surface area contributed by atoms with Crippen molar-refractivity contribution in [2.75, 3.05) is 43.4 Å². The number of ketones is 1. The molecule has 1 amide bonds. The third-order valence-corrected chi connectivity index (χ3v) is 6.71. The number of anilines is 2. The van der Waals surface area contributed by atoms with Crippen molar-refractivity contribution in [1.82, 2.24) is 9.88 Å². The third kappa shape index (κ3) is 6.68. The summed E-state index contributed by atoms with van der Waals surface area (Å²) < 4.78 is 5.42. The molecule has 0 atom stereocenters. The first-order chi connectivity index (χ1) is 16.7. The fourth-order valence-electron chi connectivity index (χ4n) is 3.92. The number of likely N-dealkylation sites (N-methyl/N-ethyl adjacent to an activating group) is 1. The number of benzene rings is 1. The van der Waals surface area contributed by atoms with Gasteiger partial charge in [0.1, 0.15) is 11.4 Å². The van der Waals surface area contributed by atoms with Crippen LogP contribution >= 0.6 is 11.3 Å². The van der Waals surface area contributed by atoms with Crippen molar-refractivity contribution in [1.29, 1.82) is 0 Å². The fourth-order valence-corrected chi connectivity index (χ4v) is 4.64. The summed E-state index contributed by atoms with van der Waals surface area (Å²) in [4.78, 5) is 35.8. The molecular weight excluding hydrogens is 460 g/mol. The molecule has 7 nitrogen and oxygen atoms in total. The average Bonchev–Trinajstić information content (AvgIpc) is 3.35. The van der Waals surface area contributed by atoms with Gasteiger partial charge >= 0.3 is 6.09 Å². The Balaban J connectivity index is 1.53. The molecule has 1 aromatic carbocycles. The standard InChI is InChI=1S/C27H32N4O3S/c1-27(2,3)34-26(33)29-22-9-7-19(24-6-5-15-35-24)16-21(22)17-23(32)20-8-10-25(28-18-20)31-13-11-30(4)12-14-31/h5-10,15-16,18H,11-14,17H2,1-4H3,(H,29,33). The molecule has 35 heavy (non-hydrogen) atoms. The third-order valence-electron chi connectivity index (χ3n) is 5.79. The number of nitrogens with zero attached hydrogens (tertiary/aromatic N) is 3. The molecule has 1 saturated heterocycles. The van der Waals surface area contributed by atoms with Gasteiger partial charge in [0.2, 0.25) is 0 Å². The van der Waals surface area contributed by atoms with Crippen LogP contribution in [-0.2, 0) is 11.2 Å². The predicted octanol–water partition coefficient (Wildman–Crippen LogP) is 5.33.